The van der Waals surface area contributed by atoms with E-state index in [1.165, 1.54) is 51.4 Å². The quantitative estimate of drug-likeness (QED) is 0.489. The lowest BCUT2D eigenvalue weighted by Gasteiger charge is -2.02. The third-order valence-electron chi connectivity index (χ3n) is 3.27. The van der Waals surface area contributed by atoms with E-state index in [0.717, 1.165) is 12.8 Å². The van der Waals surface area contributed by atoms with Crippen molar-refractivity contribution in [2.75, 3.05) is 11.5 Å². The van der Waals surface area contributed by atoms with Gasteiger partial charge in [-0.15, -0.1) is 0 Å². The summed E-state index contributed by atoms with van der Waals surface area (Å²) in [7, 11) is -0.934. The van der Waals surface area contributed by atoms with Gasteiger partial charge in [0.05, 0.1) is 6.42 Å². The molecule has 0 spiro atoms. The van der Waals surface area contributed by atoms with Crippen molar-refractivity contribution in [2.45, 2.75) is 77.6 Å². The molecular formula is C15H30O3S. The first kappa shape index (κ1) is 18.6. The summed E-state index contributed by atoms with van der Waals surface area (Å²) >= 11 is 0. The van der Waals surface area contributed by atoms with Gasteiger partial charge < -0.3 is 5.11 Å². The molecular weight excluding hydrogens is 260 g/mol. The highest BCUT2D eigenvalue weighted by Gasteiger charge is 2.03. The summed E-state index contributed by atoms with van der Waals surface area (Å²) < 4.78 is 11.4. The molecule has 0 heterocycles. The van der Waals surface area contributed by atoms with Gasteiger partial charge in [-0.05, 0) is 6.42 Å². The highest BCUT2D eigenvalue weighted by Crippen LogP contribution is 2.10. The molecule has 0 amide bonds. The molecule has 0 aromatic heterocycles. The van der Waals surface area contributed by atoms with E-state index in [-0.39, 0.29) is 6.42 Å². The summed E-state index contributed by atoms with van der Waals surface area (Å²) in [6.45, 7) is 2.24. The van der Waals surface area contributed by atoms with Crippen molar-refractivity contribution in [3.8, 4) is 0 Å². The van der Waals surface area contributed by atoms with Crippen LogP contribution in [0.4, 0.5) is 0 Å². The lowest BCUT2D eigenvalue weighted by molar-refractivity contribution is -0.136. The summed E-state index contributed by atoms with van der Waals surface area (Å²) in [4.78, 5) is 10.3. The van der Waals surface area contributed by atoms with Gasteiger partial charge in [-0.2, -0.15) is 0 Å². The summed E-state index contributed by atoms with van der Waals surface area (Å²) in [5.41, 5.74) is 0. The van der Waals surface area contributed by atoms with Crippen molar-refractivity contribution in [3.63, 3.8) is 0 Å². The largest absolute Gasteiger partial charge is 0.481 e. The number of rotatable bonds is 14. The van der Waals surface area contributed by atoms with Crippen LogP contribution >= 0.6 is 0 Å². The van der Waals surface area contributed by atoms with Crippen LogP contribution in [0.3, 0.4) is 0 Å². The molecule has 0 fully saturated rings. The molecule has 19 heavy (non-hydrogen) atoms. The molecule has 1 N–H and O–H groups in total. The topological polar surface area (TPSA) is 54.4 Å². The SMILES string of the molecule is CCCCCCCCCCCC[S@@](=O)CCC(=O)O. The molecule has 0 unspecified atom stereocenters. The first-order valence-electron chi connectivity index (χ1n) is 7.73. The van der Waals surface area contributed by atoms with Crippen LogP contribution < -0.4 is 0 Å². The monoisotopic (exact) mass is 290 g/mol. The van der Waals surface area contributed by atoms with E-state index >= 15 is 0 Å². The van der Waals surface area contributed by atoms with E-state index in [1.807, 2.05) is 0 Å². The number of aliphatic carboxylic acids is 1. The Labute approximate surface area is 120 Å². The zero-order chi connectivity index (χ0) is 14.3. The zero-order valence-corrected chi connectivity index (χ0v) is 13.2. The molecule has 0 radical (unpaired) electrons. The van der Waals surface area contributed by atoms with Gasteiger partial charge in [-0.3, -0.25) is 9.00 Å². The van der Waals surface area contributed by atoms with Crippen LogP contribution in [-0.4, -0.2) is 26.8 Å². The van der Waals surface area contributed by atoms with Crippen LogP contribution in [0.2, 0.25) is 0 Å². The van der Waals surface area contributed by atoms with E-state index in [1.54, 1.807) is 0 Å². The Kier molecular flexibility index (Phi) is 13.8. The molecule has 0 aromatic rings. The Morgan fingerprint density at radius 2 is 1.32 bits per heavy atom. The highest BCUT2D eigenvalue weighted by atomic mass is 32.2. The predicted octanol–water partition coefficient (Wildman–Crippen LogP) is 4.13. The van der Waals surface area contributed by atoms with Crippen molar-refractivity contribution in [3.05, 3.63) is 0 Å². The van der Waals surface area contributed by atoms with Crippen molar-refractivity contribution in [2.24, 2.45) is 0 Å². The minimum absolute atomic E-state index is 0.0321. The van der Waals surface area contributed by atoms with Gasteiger partial charge in [0.15, 0.2) is 0 Å². The Morgan fingerprint density at radius 3 is 1.79 bits per heavy atom. The summed E-state index contributed by atoms with van der Waals surface area (Å²) in [5.74, 6) is 0.132. The lowest BCUT2D eigenvalue weighted by Crippen LogP contribution is -2.07. The van der Waals surface area contributed by atoms with Gasteiger partial charge in [-0.1, -0.05) is 64.7 Å². The zero-order valence-electron chi connectivity index (χ0n) is 12.4. The molecule has 0 aliphatic rings. The standard InChI is InChI=1S/C15H30O3S/c1-2-3-4-5-6-7-8-9-10-11-13-19(18)14-12-15(16)17/h2-14H2,1H3,(H,16,17)/t19-/m1/s1. The third kappa shape index (κ3) is 15.6. The van der Waals surface area contributed by atoms with Crippen molar-refractivity contribution in [1.82, 2.24) is 0 Å². The predicted molar refractivity (Wildman–Crippen MR) is 82.0 cm³/mol. The highest BCUT2D eigenvalue weighted by molar-refractivity contribution is 7.84. The molecule has 114 valence electrons. The Morgan fingerprint density at radius 1 is 0.842 bits per heavy atom. The van der Waals surface area contributed by atoms with Crippen molar-refractivity contribution in [1.29, 1.82) is 0 Å². The summed E-state index contributed by atoms with van der Waals surface area (Å²) in [6.07, 6.45) is 12.7. The molecule has 0 saturated carbocycles. The Balaban J connectivity index is 3.13. The minimum Gasteiger partial charge on any atom is -0.481 e. The molecule has 4 heteroatoms. The number of carboxylic acids is 1. The molecule has 0 bridgehead atoms. The number of hydrogen-bond donors (Lipinski definition) is 1. The average Bonchev–Trinajstić information content (AvgIpc) is 2.38. The number of unbranched alkanes of at least 4 members (excludes halogenated alkanes) is 9. The van der Waals surface area contributed by atoms with E-state index < -0.39 is 16.8 Å². The minimum atomic E-state index is -0.934. The van der Waals surface area contributed by atoms with Crippen LogP contribution in [0, 0.1) is 0 Å². The van der Waals surface area contributed by atoms with Gasteiger partial charge in [0.2, 0.25) is 0 Å². The van der Waals surface area contributed by atoms with Crippen molar-refractivity contribution >= 4 is 16.8 Å². The fourth-order valence-electron chi connectivity index (χ4n) is 2.05. The lowest BCUT2D eigenvalue weighted by atomic mass is 10.1. The van der Waals surface area contributed by atoms with Crippen LogP contribution in [0.25, 0.3) is 0 Å². The molecule has 0 saturated heterocycles. The van der Waals surface area contributed by atoms with Crippen LogP contribution in [0.1, 0.15) is 77.6 Å². The molecule has 3 nitrogen and oxygen atoms in total. The van der Waals surface area contributed by atoms with E-state index in [9.17, 15) is 9.00 Å². The number of carbonyl (C=O) groups is 1. The van der Waals surface area contributed by atoms with Gasteiger partial charge in [0.1, 0.15) is 0 Å². The van der Waals surface area contributed by atoms with E-state index in [0.29, 0.717) is 11.5 Å². The average molecular weight is 290 g/mol. The maximum atomic E-state index is 11.4. The van der Waals surface area contributed by atoms with Gasteiger partial charge in [0, 0.05) is 22.3 Å². The second kappa shape index (κ2) is 14.0. The summed E-state index contributed by atoms with van der Waals surface area (Å²) in [6, 6.07) is 0. The number of carboxylic acid groups (broad SMARTS) is 1. The van der Waals surface area contributed by atoms with Crippen LogP contribution in [-0.2, 0) is 15.6 Å². The van der Waals surface area contributed by atoms with Crippen molar-refractivity contribution < 1.29 is 14.1 Å². The maximum absolute atomic E-state index is 11.4. The van der Waals surface area contributed by atoms with Gasteiger partial charge >= 0.3 is 5.97 Å². The third-order valence-corrected chi connectivity index (χ3v) is 4.67. The molecule has 1 atom stereocenters. The second-order valence-electron chi connectivity index (χ2n) is 5.17. The fraction of sp³-hybridized carbons (Fsp3) is 0.933. The summed E-state index contributed by atoms with van der Waals surface area (Å²) in [5, 5.41) is 8.47. The first-order chi connectivity index (χ1) is 9.16. The molecule has 0 aliphatic heterocycles. The molecule has 0 aliphatic carbocycles. The smallest absolute Gasteiger partial charge is 0.304 e. The number of hydrogen-bond acceptors (Lipinski definition) is 2. The van der Waals surface area contributed by atoms with E-state index in [4.69, 9.17) is 5.11 Å². The Hall–Kier alpha value is -0.380. The second-order valence-corrected chi connectivity index (χ2v) is 6.87. The first-order valence-corrected chi connectivity index (χ1v) is 9.22. The van der Waals surface area contributed by atoms with Gasteiger partial charge in [-0.25, -0.2) is 0 Å². The maximum Gasteiger partial charge on any atom is 0.304 e. The van der Waals surface area contributed by atoms with Crippen LogP contribution in [0.5, 0.6) is 0 Å². The fourth-order valence-corrected chi connectivity index (χ4v) is 3.19. The van der Waals surface area contributed by atoms with Crippen LogP contribution in [0.15, 0.2) is 0 Å². The molecule has 0 rings (SSSR count). The van der Waals surface area contributed by atoms with Gasteiger partial charge in [0.25, 0.3) is 0 Å². The normalized spacial score (nSPS) is 12.5. The molecule has 0 aromatic carbocycles. The van der Waals surface area contributed by atoms with E-state index in [2.05, 4.69) is 6.92 Å². The Bertz CT molecular complexity index is 242.